The van der Waals surface area contributed by atoms with Gasteiger partial charge in [-0.25, -0.2) is 0 Å². The van der Waals surface area contributed by atoms with E-state index < -0.39 is 0 Å². The minimum absolute atomic E-state index is 0.553. The summed E-state index contributed by atoms with van der Waals surface area (Å²) in [6.07, 6.45) is 3.28. The molecule has 0 aromatic heterocycles. The van der Waals surface area contributed by atoms with Gasteiger partial charge in [0, 0.05) is 17.8 Å². The molecule has 0 aliphatic heterocycles. The van der Waals surface area contributed by atoms with Crippen LogP contribution in [-0.4, -0.2) is 24.1 Å². The van der Waals surface area contributed by atoms with Gasteiger partial charge in [-0.15, -0.1) is 0 Å². The SMILES string of the molecule is CSC(C)CNC(C)Cc1ccc(C)cc1. The molecule has 2 atom stereocenters. The van der Waals surface area contributed by atoms with Gasteiger partial charge in [0.15, 0.2) is 0 Å². The van der Waals surface area contributed by atoms with Gasteiger partial charge in [-0.2, -0.15) is 11.8 Å². The lowest BCUT2D eigenvalue weighted by Crippen LogP contribution is -2.32. The molecule has 2 heteroatoms. The highest BCUT2D eigenvalue weighted by atomic mass is 32.2. The van der Waals surface area contributed by atoms with Crippen LogP contribution in [0.3, 0.4) is 0 Å². The zero-order chi connectivity index (χ0) is 12.0. The Labute approximate surface area is 104 Å². The lowest BCUT2D eigenvalue weighted by Gasteiger charge is -2.16. The van der Waals surface area contributed by atoms with Crippen LogP contribution in [0.5, 0.6) is 0 Å². The van der Waals surface area contributed by atoms with Crippen molar-refractivity contribution in [1.82, 2.24) is 5.32 Å². The molecule has 0 saturated heterocycles. The molecule has 0 spiro atoms. The van der Waals surface area contributed by atoms with Gasteiger partial charge >= 0.3 is 0 Å². The third-order valence-corrected chi connectivity index (χ3v) is 3.79. The van der Waals surface area contributed by atoms with E-state index in [0.29, 0.717) is 11.3 Å². The van der Waals surface area contributed by atoms with Gasteiger partial charge in [0.25, 0.3) is 0 Å². The lowest BCUT2D eigenvalue weighted by atomic mass is 10.1. The number of thioether (sulfide) groups is 1. The first-order valence-electron chi connectivity index (χ1n) is 5.93. The third kappa shape index (κ3) is 5.04. The van der Waals surface area contributed by atoms with E-state index in [1.807, 2.05) is 11.8 Å². The molecular weight excluding hydrogens is 214 g/mol. The molecular formula is C14H23NS. The van der Waals surface area contributed by atoms with E-state index in [4.69, 9.17) is 0 Å². The van der Waals surface area contributed by atoms with E-state index in [1.54, 1.807) is 0 Å². The Hall–Kier alpha value is -0.470. The highest BCUT2D eigenvalue weighted by molar-refractivity contribution is 7.99. The van der Waals surface area contributed by atoms with Gasteiger partial charge < -0.3 is 5.32 Å². The van der Waals surface area contributed by atoms with Crippen LogP contribution in [0.25, 0.3) is 0 Å². The van der Waals surface area contributed by atoms with E-state index in [0.717, 1.165) is 13.0 Å². The molecule has 0 aliphatic rings. The quantitative estimate of drug-likeness (QED) is 0.815. The number of rotatable bonds is 6. The van der Waals surface area contributed by atoms with E-state index in [2.05, 4.69) is 56.6 Å². The maximum Gasteiger partial charge on any atom is 0.0141 e. The van der Waals surface area contributed by atoms with E-state index in [1.165, 1.54) is 11.1 Å². The van der Waals surface area contributed by atoms with E-state index in [-0.39, 0.29) is 0 Å². The highest BCUT2D eigenvalue weighted by Gasteiger charge is 2.05. The highest BCUT2D eigenvalue weighted by Crippen LogP contribution is 2.07. The van der Waals surface area contributed by atoms with Crippen molar-refractivity contribution in [1.29, 1.82) is 0 Å². The van der Waals surface area contributed by atoms with Crippen LogP contribution < -0.4 is 5.32 Å². The van der Waals surface area contributed by atoms with Gasteiger partial charge in [0.2, 0.25) is 0 Å². The van der Waals surface area contributed by atoms with Crippen molar-refractivity contribution in [3.63, 3.8) is 0 Å². The normalized spacial score (nSPS) is 14.8. The van der Waals surface area contributed by atoms with E-state index in [9.17, 15) is 0 Å². The van der Waals surface area contributed by atoms with Gasteiger partial charge in [0.1, 0.15) is 0 Å². The lowest BCUT2D eigenvalue weighted by molar-refractivity contribution is 0.548. The predicted molar refractivity (Wildman–Crippen MR) is 75.3 cm³/mol. The number of benzene rings is 1. The summed E-state index contributed by atoms with van der Waals surface area (Å²) in [6.45, 7) is 7.74. The van der Waals surface area contributed by atoms with Crippen LogP contribution in [0.15, 0.2) is 24.3 Å². The molecule has 1 N–H and O–H groups in total. The van der Waals surface area contributed by atoms with Crippen molar-refractivity contribution >= 4 is 11.8 Å². The maximum atomic E-state index is 3.58. The minimum atomic E-state index is 0.553. The smallest absolute Gasteiger partial charge is 0.0141 e. The topological polar surface area (TPSA) is 12.0 Å². The number of hydrogen-bond acceptors (Lipinski definition) is 2. The molecule has 90 valence electrons. The van der Waals surface area contributed by atoms with Crippen molar-refractivity contribution < 1.29 is 0 Å². The molecule has 0 bridgehead atoms. The molecule has 0 radical (unpaired) electrons. The Morgan fingerprint density at radius 3 is 2.38 bits per heavy atom. The number of hydrogen-bond donors (Lipinski definition) is 1. The summed E-state index contributed by atoms with van der Waals surface area (Å²) in [5, 5.41) is 4.27. The molecule has 0 saturated carbocycles. The maximum absolute atomic E-state index is 3.58. The van der Waals surface area contributed by atoms with Crippen molar-refractivity contribution in [2.24, 2.45) is 0 Å². The minimum Gasteiger partial charge on any atom is -0.313 e. The third-order valence-electron chi connectivity index (χ3n) is 2.82. The average Bonchev–Trinajstić information content (AvgIpc) is 2.29. The largest absolute Gasteiger partial charge is 0.313 e. The Morgan fingerprint density at radius 1 is 1.19 bits per heavy atom. The van der Waals surface area contributed by atoms with Gasteiger partial charge in [-0.05, 0) is 32.1 Å². The molecule has 0 fully saturated rings. The van der Waals surface area contributed by atoms with Crippen LogP contribution in [0.1, 0.15) is 25.0 Å². The van der Waals surface area contributed by atoms with Gasteiger partial charge in [-0.3, -0.25) is 0 Å². The Bertz CT molecular complexity index is 294. The molecule has 2 unspecified atom stereocenters. The second kappa shape index (κ2) is 6.97. The zero-order valence-corrected chi connectivity index (χ0v) is 11.6. The summed E-state index contributed by atoms with van der Waals surface area (Å²) in [5.41, 5.74) is 2.75. The summed E-state index contributed by atoms with van der Waals surface area (Å²) < 4.78 is 0. The summed E-state index contributed by atoms with van der Waals surface area (Å²) in [6, 6.07) is 9.38. The first-order chi connectivity index (χ1) is 7.61. The predicted octanol–water partition coefficient (Wildman–Crippen LogP) is 3.27. The van der Waals surface area contributed by atoms with Gasteiger partial charge in [-0.1, -0.05) is 36.8 Å². The standard InChI is InChI=1S/C14H23NS/c1-11-5-7-14(8-6-11)9-12(2)15-10-13(3)16-4/h5-8,12-13,15H,9-10H2,1-4H3. The van der Waals surface area contributed by atoms with Crippen LogP contribution in [-0.2, 0) is 6.42 Å². The first kappa shape index (κ1) is 13.6. The summed E-state index contributed by atoms with van der Waals surface area (Å²) in [5.74, 6) is 0. The van der Waals surface area contributed by atoms with Gasteiger partial charge in [0.05, 0.1) is 0 Å². The Balaban J connectivity index is 2.33. The summed E-state index contributed by atoms with van der Waals surface area (Å²) in [4.78, 5) is 0. The Morgan fingerprint density at radius 2 is 1.81 bits per heavy atom. The first-order valence-corrected chi connectivity index (χ1v) is 7.22. The number of nitrogens with one attached hydrogen (secondary N) is 1. The molecule has 16 heavy (non-hydrogen) atoms. The van der Waals surface area contributed by atoms with Crippen molar-refractivity contribution in [2.45, 2.75) is 38.5 Å². The molecule has 0 amide bonds. The molecule has 1 aromatic carbocycles. The van der Waals surface area contributed by atoms with Crippen LogP contribution in [0, 0.1) is 6.92 Å². The van der Waals surface area contributed by atoms with Crippen molar-refractivity contribution in [2.75, 3.05) is 12.8 Å². The molecule has 0 heterocycles. The molecule has 1 nitrogen and oxygen atoms in total. The van der Waals surface area contributed by atoms with Crippen LogP contribution in [0.2, 0.25) is 0 Å². The fourth-order valence-electron chi connectivity index (χ4n) is 1.60. The summed E-state index contributed by atoms with van der Waals surface area (Å²) >= 11 is 1.91. The van der Waals surface area contributed by atoms with Crippen molar-refractivity contribution in [3.05, 3.63) is 35.4 Å². The summed E-state index contributed by atoms with van der Waals surface area (Å²) in [7, 11) is 0. The monoisotopic (exact) mass is 237 g/mol. The Kier molecular flexibility index (Phi) is 5.93. The fourth-order valence-corrected chi connectivity index (χ4v) is 1.86. The second-order valence-electron chi connectivity index (χ2n) is 4.55. The zero-order valence-electron chi connectivity index (χ0n) is 10.8. The second-order valence-corrected chi connectivity index (χ2v) is 5.82. The molecule has 1 rings (SSSR count). The molecule has 0 aliphatic carbocycles. The fraction of sp³-hybridized carbons (Fsp3) is 0.571. The number of aryl methyl sites for hydroxylation is 1. The van der Waals surface area contributed by atoms with Crippen LogP contribution in [0.4, 0.5) is 0 Å². The van der Waals surface area contributed by atoms with E-state index >= 15 is 0 Å². The average molecular weight is 237 g/mol. The van der Waals surface area contributed by atoms with Crippen molar-refractivity contribution in [3.8, 4) is 0 Å². The molecule has 1 aromatic rings. The van der Waals surface area contributed by atoms with Crippen LogP contribution >= 0.6 is 11.8 Å².